The minimum absolute atomic E-state index is 0.234. The Kier molecular flexibility index (Phi) is 3.44. The lowest BCUT2D eigenvalue weighted by Gasteiger charge is -2.29. The fraction of sp³-hybridized carbons (Fsp3) is 0.267. The maximum atomic E-state index is 10.5. The Bertz CT molecular complexity index is 588. The third kappa shape index (κ3) is 2.46. The number of aromatic nitrogens is 1. The molecule has 2 atom stereocenters. The van der Waals surface area contributed by atoms with E-state index in [2.05, 4.69) is 4.98 Å². The lowest BCUT2D eigenvalue weighted by Crippen LogP contribution is -2.30. The summed E-state index contributed by atoms with van der Waals surface area (Å²) in [6, 6.07) is 9.83. The number of aliphatic hydroxyl groups excluding tert-OH is 1. The van der Waals surface area contributed by atoms with E-state index in [4.69, 9.17) is 4.74 Å². The number of para-hydroxylation sites is 1. The first-order valence-corrected chi connectivity index (χ1v) is 7.21. The van der Waals surface area contributed by atoms with Gasteiger partial charge in [-0.05, 0) is 30.7 Å². The molecule has 0 radical (unpaired) electrons. The average Bonchev–Trinajstić information content (AvgIpc) is 2.46. The van der Waals surface area contributed by atoms with Crippen LogP contribution >= 0.6 is 11.8 Å². The highest BCUT2D eigenvalue weighted by atomic mass is 32.2. The van der Waals surface area contributed by atoms with E-state index >= 15 is 0 Å². The minimum atomic E-state index is -0.644. The molecule has 0 saturated heterocycles. The lowest BCUT2D eigenvalue weighted by molar-refractivity contribution is 0.0451. The van der Waals surface area contributed by atoms with E-state index in [9.17, 15) is 5.11 Å². The molecule has 3 rings (SSSR count). The molecular formula is C15H15NO2S. The molecule has 2 heterocycles. The van der Waals surface area contributed by atoms with Crippen molar-refractivity contribution in [2.75, 3.05) is 5.75 Å². The van der Waals surface area contributed by atoms with Gasteiger partial charge in [0.2, 0.25) is 0 Å². The van der Waals surface area contributed by atoms with Crippen LogP contribution in [0.3, 0.4) is 0 Å². The number of benzene rings is 1. The van der Waals surface area contributed by atoms with Crippen LogP contribution in [-0.4, -0.2) is 21.9 Å². The van der Waals surface area contributed by atoms with Gasteiger partial charge in [0.25, 0.3) is 0 Å². The summed E-state index contributed by atoms with van der Waals surface area (Å²) in [5.41, 5.74) is 1.88. The van der Waals surface area contributed by atoms with Gasteiger partial charge in [-0.2, -0.15) is 0 Å². The Morgan fingerprint density at radius 1 is 1.37 bits per heavy atom. The quantitative estimate of drug-likeness (QED) is 0.913. The van der Waals surface area contributed by atoms with E-state index in [0.717, 1.165) is 27.5 Å². The van der Waals surface area contributed by atoms with Crippen LogP contribution in [0.15, 0.2) is 47.6 Å². The molecule has 0 aliphatic carbocycles. The number of hydrogen-bond acceptors (Lipinski definition) is 4. The highest BCUT2D eigenvalue weighted by Crippen LogP contribution is 2.38. The minimum Gasteiger partial charge on any atom is -0.485 e. The molecule has 0 fully saturated rings. The Morgan fingerprint density at radius 3 is 3.05 bits per heavy atom. The normalized spacial score (nSPS) is 19.4. The van der Waals surface area contributed by atoms with Crippen molar-refractivity contribution >= 4 is 11.8 Å². The van der Waals surface area contributed by atoms with Crippen molar-refractivity contribution in [1.29, 1.82) is 0 Å². The number of aliphatic hydroxyl groups is 1. The number of fused-ring (bicyclic) bond motifs is 1. The largest absolute Gasteiger partial charge is 0.485 e. The van der Waals surface area contributed by atoms with E-state index in [1.165, 1.54) is 0 Å². The standard InChI is InChI=1S/C15H15NO2S/c1-10-6-7-16-8-11(10)15(17)13-9-19-14-5-3-2-4-12(14)18-13/h2-8,13,15,17H,9H2,1H3. The zero-order chi connectivity index (χ0) is 13.2. The number of aryl methyl sites for hydroxylation is 1. The predicted octanol–water partition coefficient (Wildman–Crippen LogP) is 2.98. The van der Waals surface area contributed by atoms with Gasteiger partial charge in [0, 0.05) is 28.6 Å². The van der Waals surface area contributed by atoms with Gasteiger partial charge in [-0.3, -0.25) is 4.98 Å². The topological polar surface area (TPSA) is 42.4 Å². The molecule has 0 amide bonds. The molecule has 0 bridgehead atoms. The summed E-state index contributed by atoms with van der Waals surface area (Å²) < 4.78 is 5.90. The van der Waals surface area contributed by atoms with Crippen LogP contribution in [0, 0.1) is 6.92 Å². The molecule has 1 aliphatic rings. The number of pyridine rings is 1. The molecule has 1 N–H and O–H groups in total. The summed E-state index contributed by atoms with van der Waals surface area (Å²) in [5.74, 6) is 1.59. The molecule has 2 unspecified atom stereocenters. The van der Waals surface area contributed by atoms with E-state index < -0.39 is 6.10 Å². The van der Waals surface area contributed by atoms with Crippen LogP contribution in [0.25, 0.3) is 0 Å². The first kappa shape index (κ1) is 12.5. The molecule has 3 nitrogen and oxygen atoms in total. The summed E-state index contributed by atoms with van der Waals surface area (Å²) >= 11 is 1.72. The summed E-state index contributed by atoms with van der Waals surface area (Å²) in [4.78, 5) is 5.22. The second kappa shape index (κ2) is 5.23. The molecule has 19 heavy (non-hydrogen) atoms. The fourth-order valence-electron chi connectivity index (χ4n) is 2.18. The lowest BCUT2D eigenvalue weighted by atomic mass is 10.0. The number of thioether (sulfide) groups is 1. The van der Waals surface area contributed by atoms with E-state index in [1.54, 1.807) is 24.2 Å². The summed E-state index contributed by atoms with van der Waals surface area (Å²) in [5, 5.41) is 10.5. The number of rotatable bonds is 2. The molecule has 1 aliphatic heterocycles. The van der Waals surface area contributed by atoms with E-state index in [0.29, 0.717) is 0 Å². The molecule has 2 aromatic rings. The van der Waals surface area contributed by atoms with E-state index in [-0.39, 0.29) is 6.10 Å². The average molecular weight is 273 g/mol. The van der Waals surface area contributed by atoms with Crippen molar-refractivity contribution in [2.45, 2.75) is 24.0 Å². The Morgan fingerprint density at radius 2 is 2.21 bits per heavy atom. The fourth-order valence-corrected chi connectivity index (χ4v) is 3.20. The van der Waals surface area contributed by atoms with Crippen molar-refractivity contribution in [2.24, 2.45) is 0 Å². The molecule has 1 aromatic heterocycles. The Labute approximate surface area is 116 Å². The van der Waals surface area contributed by atoms with Crippen molar-refractivity contribution in [3.63, 3.8) is 0 Å². The first-order chi connectivity index (χ1) is 9.25. The molecule has 98 valence electrons. The van der Waals surface area contributed by atoms with Gasteiger partial charge in [0.15, 0.2) is 0 Å². The number of hydrogen-bond donors (Lipinski definition) is 1. The smallest absolute Gasteiger partial charge is 0.138 e. The third-order valence-electron chi connectivity index (χ3n) is 3.28. The number of ether oxygens (including phenoxy) is 1. The second-order valence-corrected chi connectivity index (χ2v) is 5.65. The van der Waals surface area contributed by atoms with Gasteiger partial charge in [-0.15, -0.1) is 11.8 Å². The Hall–Kier alpha value is -1.52. The van der Waals surface area contributed by atoms with Crippen molar-refractivity contribution in [3.05, 3.63) is 53.9 Å². The zero-order valence-electron chi connectivity index (χ0n) is 10.6. The van der Waals surface area contributed by atoms with Crippen LogP contribution in [-0.2, 0) is 0 Å². The predicted molar refractivity (Wildman–Crippen MR) is 75.5 cm³/mol. The summed E-state index contributed by atoms with van der Waals surface area (Å²) in [6.07, 6.45) is 2.57. The maximum Gasteiger partial charge on any atom is 0.138 e. The Balaban J connectivity index is 1.83. The van der Waals surface area contributed by atoms with Crippen molar-refractivity contribution in [1.82, 2.24) is 4.98 Å². The SMILES string of the molecule is Cc1ccncc1C(O)C1CSc2ccccc2O1. The molecule has 0 spiro atoms. The monoisotopic (exact) mass is 273 g/mol. The van der Waals surface area contributed by atoms with Crippen LogP contribution < -0.4 is 4.74 Å². The van der Waals surface area contributed by atoms with Gasteiger partial charge >= 0.3 is 0 Å². The summed E-state index contributed by atoms with van der Waals surface area (Å²) in [6.45, 7) is 1.98. The first-order valence-electron chi connectivity index (χ1n) is 6.23. The highest BCUT2D eigenvalue weighted by Gasteiger charge is 2.28. The maximum absolute atomic E-state index is 10.5. The molecule has 1 aromatic carbocycles. The van der Waals surface area contributed by atoms with Gasteiger partial charge < -0.3 is 9.84 Å². The zero-order valence-corrected chi connectivity index (χ0v) is 11.4. The van der Waals surface area contributed by atoms with Crippen LogP contribution in [0.2, 0.25) is 0 Å². The summed E-state index contributed by atoms with van der Waals surface area (Å²) in [7, 11) is 0. The van der Waals surface area contributed by atoms with Crippen LogP contribution in [0.1, 0.15) is 17.2 Å². The molecular weight excluding hydrogens is 258 g/mol. The molecule has 4 heteroatoms. The third-order valence-corrected chi connectivity index (χ3v) is 4.42. The van der Waals surface area contributed by atoms with Gasteiger partial charge in [-0.25, -0.2) is 0 Å². The van der Waals surface area contributed by atoms with Crippen molar-refractivity contribution < 1.29 is 9.84 Å². The highest BCUT2D eigenvalue weighted by molar-refractivity contribution is 7.99. The van der Waals surface area contributed by atoms with Gasteiger partial charge in [0.05, 0.1) is 0 Å². The van der Waals surface area contributed by atoms with Crippen LogP contribution in [0.5, 0.6) is 5.75 Å². The van der Waals surface area contributed by atoms with E-state index in [1.807, 2.05) is 37.3 Å². The van der Waals surface area contributed by atoms with Gasteiger partial charge in [0.1, 0.15) is 18.0 Å². The molecule has 0 saturated carbocycles. The second-order valence-electron chi connectivity index (χ2n) is 4.59. The van der Waals surface area contributed by atoms with Crippen molar-refractivity contribution in [3.8, 4) is 5.75 Å². The number of nitrogens with zero attached hydrogens (tertiary/aromatic N) is 1. The van der Waals surface area contributed by atoms with Crippen LogP contribution in [0.4, 0.5) is 0 Å². The van der Waals surface area contributed by atoms with Gasteiger partial charge in [-0.1, -0.05) is 12.1 Å².